The lowest BCUT2D eigenvalue weighted by Gasteiger charge is -2.29. The van der Waals surface area contributed by atoms with Crippen molar-refractivity contribution >= 4 is 11.5 Å². The van der Waals surface area contributed by atoms with E-state index in [2.05, 4.69) is 35.8 Å². The maximum atomic E-state index is 8.54. The molecule has 17 heavy (non-hydrogen) atoms. The van der Waals surface area contributed by atoms with Gasteiger partial charge in [0.15, 0.2) is 5.84 Å². The Morgan fingerprint density at radius 3 is 2.47 bits per heavy atom. The van der Waals surface area contributed by atoms with Crippen molar-refractivity contribution in [1.29, 1.82) is 0 Å². The van der Waals surface area contributed by atoms with Gasteiger partial charge in [-0.15, -0.1) is 0 Å². The third-order valence-electron chi connectivity index (χ3n) is 3.10. The summed E-state index contributed by atoms with van der Waals surface area (Å²) in [5.41, 5.74) is 6.94. The number of amidine groups is 1. The number of nitrogens with zero attached hydrogens (tertiary/aromatic N) is 3. The topological polar surface area (TPSA) is 74.7 Å². The molecule has 5 heteroatoms. The largest absolute Gasteiger partial charge is 0.409 e. The Kier molecular flexibility index (Phi) is 4.31. The lowest BCUT2D eigenvalue weighted by Crippen LogP contribution is -2.33. The molecule has 1 heterocycles. The Bertz CT molecular complexity index is 386. The molecule has 3 N–H and O–H groups in total. The molecule has 1 aromatic rings. The SMILES string of the molecule is CC(C)C(C)N(C)c1ccc(/C(N)=N/O)nc1. The number of rotatable bonds is 4. The van der Waals surface area contributed by atoms with Crippen molar-refractivity contribution in [2.75, 3.05) is 11.9 Å². The zero-order chi connectivity index (χ0) is 13.0. The summed E-state index contributed by atoms with van der Waals surface area (Å²) in [6.07, 6.45) is 1.73. The molecule has 0 saturated heterocycles. The Hall–Kier alpha value is -1.78. The number of hydrogen-bond acceptors (Lipinski definition) is 4. The van der Waals surface area contributed by atoms with E-state index in [0.29, 0.717) is 17.7 Å². The van der Waals surface area contributed by atoms with Crippen molar-refractivity contribution in [2.24, 2.45) is 16.8 Å². The van der Waals surface area contributed by atoms with Gasteiger partial charge in [0.1, 0.15) is 5.69 Å². The first kappa shape index (κ1) is 13.3. The van der Waals surface area contributed by atoms with Gasteiger partial charge in [0.25, 0.3) is 0 Å². The van der Waals surface area contributed by atoms with Gasteiger partial charge in [-0.1, -0.05) is 19.0 Å². The predicted molar refractivity (Wildman–Crippen MR) is 69.5 cm³/mol. The van der Waals surface area contributed by atoms with Crippen molar-refractivity contribution in [3.63, 3.8) is 0 Å². The highest BCUT2D eigenvalue weighted by Gasteiger charge is 2.14. The highest BCUT2D eigenvalue weighted by Crippen LogP contribution is 2.18. The summed E-state index contributed by atoms with van der Waals surface area (Å²) in [5, 5.41) is 11.5. The molecule has 1 atom stereocenters. The summed E-state index contributed by atoms with van der Waals surface area (Å²) < 4.78 is 0. The minimum atomic E-state index is 0.0242. The van der Waals surface area contributed by atoms with Crippen LogP contribution >= 0.6 is 0 Å². The van der Waals surface area contributed by atoms with Gasteiger partial charge in [0.2, 0.25) is 0 Å². The van der Waals surface area contributed by atoms with Crippen LogP contribution in [0.1, 0.15) is 26.5 Å². The maximum Gasteiger partial charge on any atom is 0.188 e. The van der Waals surface area contributed by atoms with Crippen LogP contribution in [0.4, 0.5) is 5.69 Å². The molecule has 0 aliphatic carbocycles. The van der Waals surface area contributed by atoms with Crippen LogP contribution in [-0.4, -0.2) is 29.1 Å². The van der Waals surface area contributed by atoms with Crippen molar-refractivity contribution in [3.05, 3.63) is 24.0 Å². The molecule has 0 aromatic carbocycles. The van der Waals surface area contributed by atoms with E-state index in [1.165, 1.54) is 0 Å². The molecule has 0 aliphatic rings. The molecule has 1 unspecified atom stereocenters. The Morgan fingerprint density at radius 1 is 1.41 bits per heavy atom. The van der Waals surface area contributed by atoms with E-state index in [4.69, 9.17) is 10.9 Å². The highest BCUT2D eigenvalue weighted by molar-refractivity contribution is 5.95. The van der Waals surface area contributed by atoms with Crippen LogP contribution in [-0.2, 0) is 0 Å². The van der Waals surface area contributed by atoms with Crippen LogP contribution in [0.15, 0.2) is 23.5 Å². The number of nitrogens with two attached hydrogens (primary N) is 1. The Morgan fingerprint density at radius 2 is 2.06 bits per heavy atom. The normalized spacial score (nSPS) is 13.8. The first-order valence-corrected chi connectivity index (χ1v) is 5.64. The van der Waals surface area contributed by atoms with E-state index in [1.54, 1.807) is 12.3 Å². The number of aromatic nitrogens is 1. The minimum absolute atomic E-state index is 0.0242. The second kappa shape index (κ2) is 5.52. The second-order valence-electron chi connectivity index (χ2n) is 4.48. The molecular weight excluding hydrogens is 216 g/mol. The van der Waals surface area contributed by atoms with Crippen LogP contribution in [0.25, 0.3) is 0 Å². The fourth-order valence-corrected chi connectivity index (χ4v) is 1.48. The van der Waals surface area contributed by atoms with Gasteiger partial charge in [-0.25, -0.2) is 0 Å². The van der Waals surface area contributed by atoms with Crippen molar-refractivity contribution in [2.45, 2.75) is 26.8 Å². The van der Waals surface area contributed by atoms with Gasteiger partial charge in [-0.3, -0.25) is 4.98 Å². The second-order valence-corrected chi connectivity index (χ2v) is 4.48. The average molecular weight is 236 g/mol. The number of hydrogen-bond donors (Lipinski definition) is 2. The molecular formula is C12H20N4O. The lowest BCUT2D eigenvalue weighted by atomic mass is 10.0. The fraction of sp³-hybridized carbons (Fsp3) is 0.500. The number of anilines is 1. The van der Waals surface area contributed by atoms with Gasteiger partial charge >= 0.3 is 0 Å². The summed E-state index contributed by atoms with van der Waals surface area (Å²) in [4.78, 5) is 6.32. The molecule has 0 radical (unpaired) electrons. The molecule has 0 amide bonds. The molecule has 0 bridgehead atoms. The smallest absolute Gasteiger partial charge is 0.188 e. The fourth-order valence-electron chi connectivity index (χ4n) is 1.48. The number of oxime groups is 1. The summed E-state index contributed by atoms with van der Waals surface area (Å²) in [5.74, 6) is 0.583. The summed E-state index contributed by atoms with van der Waals surface area (Å²) in [6, 6.07) is 4.08. The lowest BCUT2D eigenvalue weighted by molar-refractivity contribution is 0.318. The van der Waals surface area contributed by atoms with Gasteiger partial charge < -0.3 is 15.8 Å². The van der Waals surface area contributed by atoms with Crippen LogP contribution < -0.4 is 10.6 Å². The summed E-state index contributed by atoms with van der Waals surface area (Å²) in [7, 11) is 2.03. The standard InChI is InChI=1S/C12H20N4O/c1-8(2)9(3)16(4)10-5-6-11(14-7-10)12(13)15-17/h5-9,17H,1-4H3,(H2,13,15). The molecule has 5 nitrogen and oxygen atoms in total. The van der Waals surface area contributed by atoms with Crippen LogP contribution in [0, 0.1) is 5.92 Å². The summed E-state index contributed by atoms with van der Waals surface area (Å²) in [6.45, 7) is 6.53. The van der Waals surface area contributed by atoms with E-state index in [-0.39, 0.29) is 5.84 Å². The van der Waals surface area contributed by atoms with E-state index in [9.17, 15) is 0 Å². The van der Waals surface area contributed by atoms with Gasteiger partial charge in [0.05, 0.1) is 11.9 Å². The van der Waals surface area contributed by atoms with Crippen LogP contribution in [0.2, 0.25) is 0 Å². The van der Waals surface area contributed by atoms with Crippen LogP contribution in [0.3, 0.4) is 0 Å². The van der Waals surface area contributed by atoms with Crippen molar-refractivity contribution in [3.8, 4) is 0 Å². The highest BCUT2D eigenvalue weighted by atomic mass is 16.4. The quantitative estimate of drug-likeness (QED) is 0.361. The third kappa shape index (κ3) is 3.09. The van der Waals surface area contributed by atoms with Gasteiger partial charge in [0, 0.05) is 13.1 Å². The van der Waals surface area contributed by atoms with Gasteiger partial charge in [-0.2, -0.15) is 0 Å². The average Bonchev–Trinajstić information content (AvgIpc) is 2.36. The Balaban J connectivity index is 2.88. The molecule has 0 spiro atoms. The third-order valence-corrected chi connectivity index (χ3v) is 3.10. The first-order chi connectivity index (χ1) is 7.97. The molecule has 0 saturated carbocycles. The molecule has 1 aromatic heterocycles. The van der Waals surface area contributed by atoms with E-state index in [0.717, 1.165) is 5.69 Å². The first-order valence-electron chi connectivity index (χ1n) is 5.64. The number of pyridine rings is 1. The van der Waals surface area contributed by atoms with Gasteiger partial charge in [-0.05, 0) is 25.0 Å². The molecule has 1 rings (SSSR count). The van der Waals surface area contributed by atoms with Crippen molar-refractivity contribution < 1.29 is 5.21 Å². The van der Waals surface area contributed by atoms with Crippen molar-refractivity contribution in [1.82, 2.24) is 4.98 Å². The van der Waals surface area contributed by atoms with Crippen LogP contribution in [0.5, 0.6) is 0 Å². The van der Waals surface area contributed by atoms with E-state index in [1.807, 2.05) is 13.1 Å². The van der Waals surface area contributed by atoms with E-state index < -0.39 is 0 Å². The minimum Gasteiger partial charge on any atom is -0.409 e. The predicted octanol–water partition coefficient (Wildman–Crippen LogP) is 1.66. The monoisotopic (exact) mass is 236 g/mol. The van der Waals surface area contributed by atoms with E-state index >= 15 is 0 Å². The Labute approximate surface area is 102 Å². The zero-order valence-corrected chi connectivity index (χ0v) is 10.8. The molecule has 94 valence electrons. The maximum absolute atomic E-state index is 8.54. The molecule has 0 aliphatic heterocycles. The molecule has 0 fully saturated rings. The summed E-state index contributed by atoms with van der Waals surface area (Å²) >= 11 is 0. The zero-order valence-electron chi connectivity index (χ0n) is 10.8.